The summed E-state index contributed by atoms with van der Waals surface area (Å²) in [5.74, 6) is 1.17. The molecule has 34 heavy (non-hydrogen) atoms. The van der Waals surface area contributed by atoms with Crippen LogP contribution in [0, 0.1) is 0 Å². The van der Waals surface area contributed by atoms with Gasteiger partial charge in [0.25, 0.3) is 0 Å². The number of aromatic nitrogens is 4. The number of hydrogen-bond acceptors (Lipinski definition) is 8. The van der Waals surface area contributed by atoms with Crippen molar-refractivity contribution in [3.63, 3.8) is 0 Å². The molecule has 9 nitrogen and oxygen atoms in total. The fourth-order valence-corrected chi connectivity index (χ4v) is 4.59. The number of imidazole rings is 1. The average molecular weight is 481 g/mol. The van der Waals surface area contributed by atoms with Crippen LogP contribution in [0.15, 0.2) is 73.3 Å². The molecule has 2 heterocycles. The van der Waals surface area contributed by atoms with Gasteiger partial charge in [0.2, 0.25) is 0 Å². The monoisotopic (exact) mass is 480 g/mol. The zero-order chi connectivity index (χ0) is 23.6. The first-order chi connectivity index (χ1) is 16.7. The Bertz CT molecular complexity index is 1150. The van der Waals surface area contributed by atoms with Gasteiger partial charge in [-0.05, 0) is 24.6 Å². The van der Waals surface area contributed by atoms with Crippen LogP contribution in [0.4, 0.5) is 5.82 Å². The number of nitrogen functional groups attached to an aromatic ring is 1. The zero-order valence-electron chi connectivity index (χ0n) is 19.1. The van der Waals surface area contributed by atoms with Crippen LogP contribution in [0.2, 0.25) is 0 Å². The molecule has 2 aromatic heterocycles. The van der Waals surface area contributed by atoms with E-state index in [1.807, 2.05) is 60.0 Å². The Morgan fingerprint density at radius 2 is 1.79 bits per heavy atom. The van der Waals surface area contributed by atoms with Crippen molar-refractivity contribution in [3.05, 3.63) is 78.9 Å². The molecule has 2 atom stereocenters. The summed E-state index contributed by atoms with van der Waals surface area (Å²) in [5, 5.41) is 3.44. The van der Waals surface area contributed by atoms with Gasteiger partial charge in [0, 0.05) is 6.54 Å². The maximum atomic E-state index is 6.17. The van der Waals surface area contributed by atoms with Gasteiger partial charge in [0.1, 0.15) is 23.9 Å². The lowest BCUT2D eigenvalue weighted by atomic mass is 10.2. The lowest BCUT2D eigenvalue weighted by Gasteiger charge is -2.22. The van der Waals surface area contributed by atoms with Crippen molar-refractivity contribution in [3.8, 4) is 5.75 Å². The van der Waals surface area contributed by atoms with Crippen molar-refractivity contribution in [2.45, 2.75) is 26.2 Å². The van der Waals surface area contributed by atoms with E-state index in [0.717, 1.165) is 11.3 Å². The number of nitrogens with one attached hydrogen (secondary N) is 1. The van der Waals surface area contributed by atoms with Crippen molar-refractivity contribution >= 4 is 25.3 Å². The Morgan fingerprint density at radius 3 is 2.59 bits per heavy atom. The number of fused-ring (bicyclic) bond motifs is 1. The topological polar surface area (TPSA) is 109 Å². The van der Waals surface area contributed by atoms with Gasteiger partial charge in [-0.1, -0.05) is 48.5 Å². The highest BCUT2D eigenvalue weighted by Crippen LogP contribution is 2.34. The first kappa shape index (κ1) is 24.0. The number of hydrogen-bond donors (Lipinski definition) is 2. The third kappa shape index (κ3) is 6.95. The third-order valence-corrected chi connectivity index (χ3v) is 6.36. The van der Waals surface area contributed by atoms with Gasteiger partial charge in [0.05, 0.1) is 32.2 Å². The van der Waals surface area contributed by atoms with Crippen molar-refractivity contribution in [2.24, 2.45) is 0 Å². The molecule has 0 bridgehead atoms. The highest BCUT2D eigenvalue weighted by atomic mass is 31.2. The summed E-state index contributed by atoms with van der Waals surface area (Å²) in [7, 11) is -1.07. The molecule has 3 N–H and O–H groups in total. The molecule has 1 unspecified atom stereocenters. The Balaban J connectivity index is 1.28. The summed E-state index contributed by atoms with van der Waals surface area (Å²) < 4.78 is 20.0. The standard InChI is InChI=1S/C24H29N6O3P/c1-19(14-30-17-28-22-23(25)26-16-27-24(22)30)32-18-34(33-21-10-6-3-7-11-21)29-12-13-31-15-20-8-4-2-5-9-20/h2-11,16-17,19,29H,12-15,18H2,1H3,(H2,25,26,27)/t19-,34?/m1/s1. The van der Waals surface area contributed by atoms with Gasteiger partial charge in [-0.3, -0.25) is 5.09 Å². The fourth-order valence-electron chi connectivity index (χ4n) is 3.28. The molecule has 0 radical (unpaired) electrons. The number of ether oxygens (including phenoxy) is 2. The number of benzene rings is 2. The minimum absolute atomic E-state index is 0.0888. The van der Waals surface area contributed by atoms with Gasteiger partial charge in [-0.15, -0.1) is 0 Å². The van der Waals surface area contributed by atoms with Gasteiger partial charge < -0.3 is 24.3 Å². The summed E-state index contributed by atoms with van der Waals surface area (Å²) in [5.41, 5.74) is 8.33. The molecule has 0 saturated heterocycles. The number of rotatable bonds is 13. The summed E-state index contributed by atoms with van der Waals surface area (Å²) in [6.45, 7) is 4.41. The molecule has 0 aliphatic rings. The molecule has 4 rings (SSSR count). The Kier molecular flexibility index (Phi) is 8.76. The lowest BCUT2D eigenvalue weighted by molar-refractivity contribution is 0.0855. The Morgan fingerprint density at radius 1 is 1.03 bits per heavy atom. The molecule has 0 amide bonds. The predicted molar refractivity (Wildman–Crippen MR) is 133 cm³/mol. The molecule has 4 aromatic rings. The molecule has 0 aliphatic carbocycles. The molecule has 0 spiro atoms. The molecular weight excluding hydrogens is 451 g/mol. The number of nitrogens with zero attached hydrogens (tertiary/aromatic N) is 4. The SMILES string of the molecule is C[C@H](Cn1cnc2c(N)ncnc21)OCP(NCCOCc1ccccc1)Oc1ccccc1. The van der Waals surface area contributed by atoms with Gasteiger partial charge in [0.15, 0.2) is 19.8 Å². The van der Waals surface area contributed by atoms with E-state index in [4.69, 9.17) is 19.7 Å². The summed E-state index contributed by atoms with van der Waals surface area (Å²) in [4.78, 5) is 12.6. The van der Waals surface area contributed by atoms with Crippen LogP contribution >= 0.6 is 8.30 Å². The van der Waals surface area contributed by atoms with Crippen molar-refractivity contribution in [2.75, 3.05) is 25.2 Å². The van der Waals surface area contributed by atoms with Crippen LogP contribution in [0.1, 0.15) is 12.5 Å². The second-order valence-corrected chi connectivity index (χ2v) is 9.18. The molecule has 0 fully saturated rings. The van der Waals surface area contributed by atoms with Crippen LogP contribution in [-0.2, 0) is 22.6 Å². The van der Waals surface area contributed by atoms with E-state index in [-0.39, 0.29) is 6.10 Å². The van der Waals surface area contributed by atoms with E-state index >= 15 is 0 Å². The third-order valence-electron chi connectivity index (χ3n) is 4.96. The number of nitrogens with two attached hydrogens (primary N) is 1. The predicted octanol–water partition coefficient (Wildman–Crippen LogP) is 3.97. The zero-order valence-corrected chi connectivity index (χ0v) is 20.0. The summed E-state index contributed by atoms with van der Waals surface area (Å²) in [6.07, 6.45) is 3.49. The molecular formula is C24H29N6O3P. The minimum atomic E-state index is -1.07. The van der Waals surface area contributed by atoms with Crippen LogP contribution in [0.25, 0.3) is 11.2 Å². The smallest absolute Gasteiger partial charge is 0.187 e. The van der Waals surface area contributed by atoms with E-state index in [2.05, 4.69) is 32.2 Å². The molecule has 10 heteroatoms. The quantitative estimate of drug-likeness (QED) is 0.219. The van der Waals surface area contributed by atoms with Crippen LogP contribution in [-0.4, -0.2) is 45.1 Å². The second kappa shape index (κ2) is 12.4. The van der Waals surface area contributed by atoms with Gasteiger partial charge in [-0.2, -0.15) is 0 Å². The van der Waals surface area contributed by atoms with Crippen molar-refractivity contribution in [1.29, 1.82) is 0 Å². The van der Waals surface area contributed by atoms with E-state index in [1.54, 1.807) is 6.33 Å². The van der Waals surface area contributed by atoms with Crippen LogP contribution in [0.5, 0.6) is 5.75 Å². The fraction of sp³-hybridized carbons (Fsp3) is 0.292. The first-order valence-corrected chi connectivity index (χ1v) is 12.5. The van der Waals surface area contributed by atoms with E-state index in [1.165, 1.54) is 6.33 Å². The van der Waals surface area contributed by atoms with Gasteiger partial charge >= 0.3 is 0 Å². The molecule has 178 valence electrons. The van der Waals surface area contributed by atoms with E-state index < -0.39 is 8.30 Å². The molecule has 0 aliphatic heterocycles. The Hall–Kier alpha value is -3.10. The number of anilines is 1. The maximum absolute atomic E-state index is 6.17. The largest absolute Gasteiger partial charge is 0.456 e. The molecule has 2 aromatic carbocycles. The molecule has 0 saturated carbocycles. The van der Waals surface area contributed by atoms with E-state index in [0.29, 0.717) is 49.6 Å². The highest BCUT2D eigenvalue weighted by molar-refractivity contribution is 7.50. The summed E-state index contributed by atoms with van der Waals surface area (Å²) >= 11 is 0. The second-order valence-electron chi connectivity index (χ2n) is 7.66. The Labute approximate surface area is 200 Å². The van der Waals surface area contributed by atoms with Crippen molar-refractivity contribution in [1.82, 2.24) is 24.6 Å². The van der Waals surface area contributed by atoms with Gasteiger partial charge in [-0.25, -0.2) is 15.0 Å². The van der Waals surface area contributed by atoms with E-state index in [9.17, 15) is 0 Å². The maximum Gasteiger partial charge on any atom is 0.187 e. The highest BCUT2D eigenvalue weighted by Gasteiger charge is 2.16. The normalized spacial score (nSPS) is 13.1. The lowest BCUT2D eigenvalue weighted by Crippen LogP contribution is -2.22. The van der Waals surface area contributed by atoms with Crippen LogP contribution in [0.3, 0.4) is 0 Å². The number of para-hydroxylation sites is 1. The average Bonchev–Trinajstić information content (AvgIpc) is 3.27. The first-order valence-electron chi connectivity index (χ1n) is 11.1. The minimum Gasteiger partial charge on any atom is -0.456 e. The summed E-state index contributed by atoms with van der Waals surface area (Å²) in [6, 6.07) is 19.9. The van der Waals surface area contributed by atoms with Crippen LogP contribution < -0.4 is 15.3 Å². The van der Waals surface area contributed by atoms with Crippen molar-refractivity contribution < 1.29 is 14.0 Å².